The Hall–Kier alpha value is -3.60. The molecule has 0 aliphatic carbocycles. The number of thioether (sulfide) groups is 1. The summed E-state index contributed by atoms with van der Waals surface area (Å²) in [6.07, 6.45) is 1.67. The number of hydrogen-bond acceptors (Lipinski definition) is 7. The van der Waals surface area contributed by atoms with Crippen molar-refractivity contribution in [2.45, 2.75) is 11.7 Å². The summed E-state index contributed by atoms with van der Waals surface area (Å²) in [5.74, 6) is -0.275. The smallest absolute Gasteiger partial charge is 0.234 e. The molecule has 0 bridgehead atoms. The van der Waals surface area contributed by atoms with Gasteiger partial charge in [-0.15, -0.1) is 16.8 Å². The van der Waals surface area contributed by atoms with E-state index in [-0.39, 0.29) is 11.4 Å². The summed E-state index contributed by atoms with van der Waals surface area (Å²) in [5, 5.41) is 11.3. The molecule has 0 aliphatic rings. The van der Waals surface area contributed by atoms with Gasteiger partial charge in [-0.2, -0.15) is 0 Å². The van der Waals surface area contributed by atoms with Crippen molar-refractivity contribution < 1.29 is 27.8 Å². The molecule has 0 aliphatic heterocycles. The Kier molecular flexibility index (Phi) is 7.88. The van der Waals surface area contributed by atoms with E-state index >= 15 is 0 Å². The highest BCUT2D eigenvalue weighted by atomic mass is 32.2. The topological polar surface area (TPSA) is 87.5 Å². The number of hydrogen-bond donors (Lipinski definition) is 1. The number of ether oxygens (including phenoxy) is 3. The predicted octanol–water partition coefficient (Wildman–Crippen LogP) is 4.17. The number of carbonyl (C=O) groups excluding carboxylic acids is 1. The van der Waals surface area contributed by atoms with E-state index in [1.54, 1.807) is 22.8 Å². The summed E-state index contributed by atoms with van der Waals surface area (Å²) in [5.41, 5.74) is 0.552. The minimum atomic E-state index is -0.854. The fraction of sp³-hybridized carbons (Fsp3) is 0.227. The first-order valence-electron chi connectivity index (χ1n) is 9.64. The molecule has 0 spiro atoms. The van der Waals surface area contributed by atoms with Crippen LogP contribution in [0.25, 0.3) is 11.4 Å². The van der Waals surface area contributed by atoms with E-state index in [4.69, 9.17) is 14.2 Å². The number of benzene rings is 2. The van der Waals surface area contributed by atoms with Crippen LogP contribution in [0.5, 0.6) is 17.2 Å². The van der Waals surface area contributed by atoms with Crippen molar-refractivity contribution in [2.24, 2.45) is 0 Å². The average molecular weight is 477 g/mol. The van der Waals surface area contributed by atoms with E-state index in [1.807, 2.05) is 0 Å². The molecule has 0 fully saturated rings. The Labute approximate surface area is 193 Å². The molecule has 3 aromatic rings. The summed E-state index contributed by atoms with van der Waals surface area (Å²) < 4.78 is 44.8. The number of halogens is 2. The van der Waals surface area contributed by atoms with Gasteiger partial charge in [0.1, 0.15) is 11.6 Å². The van der Waals surface area contributed by atoms with E-state index in [9.17, 15) is 13.6 Å². The van der Waals surface area contributed by atoms with E-state index in [0.29, 0.717) is 46.4 Å². The summed E-state index contributed by atoms with van der Waals surface area (Å²) >= 11 is 1.11. The standard InChI is InChI=1S/C22H22F2N4O4S/c1-5-8-28-21(13-9-17(30-2)20(32-4)18(10-13)31-3)26-27-22(28)33-12-19(29)25-16-7-6-14(23)11-15(16)24/h5-7,9-11H,1,8,12H2,2-4H3,(H,25,29). The quantitative estimate of drug-likeness (QED) is 0.347. The molecule has 0 atom stereocenters. The second-order valence-electron chi connectivity index (χ2n) is 6.58. The highest BCUT2D eigenvalue weighted by Crippen LogP contribution is 2.41. The molecule has 1 N–H and O–H groups in total. The van der Waals surface area contributed by atoms with Crippen LogP contribution in [0.4, 0.5) is 14.5 Å². The maximum Gasteiger partial charge on any atom is 0.234 e. The van der Waals surface area contributed by atoms with Crippen LogP contribution in [0, 0.1) is 11.6 Å². The molecule has 0 radical (unpaired) electrons. The molecule has 3 rings (SSSR count). The van der Waals surface area contributed by atoms with Gasteiger partial charge in [-0.1, -0.05) is 17.8 Å². The zero-order valence-corrected chi connectivity index (χ0v) is 19.0. The van der Waals surface area contributed by atoms with Gasteiger partial charge < -0.3 is 19.5 Å². The molecule has 8 nitrogen and oxygen atoms in total. The molecule has 1 aromatic heterocycles. The SMILES string of the molecule is C=CCn1c(SCC(=O)Nc2ccc(F)cc2F)nnc1-c1cc(OC)c(OC)c(OC)c1. The molecule has 11 heteroatoms. The van der Waals surface area contributed by atoms with E-state index < -0.39 is 17.5 Å². The molecule has 174 valence electrons. The molecular formula is C22H22F2N4O4S. The number of amides is 1. The van der Waals surface area contributed by atoms with Crippen molar-refractivity contribution in [3.8, 4) is 28.6 Å². The summed E-state index contributed by atoms with van der Waals surface area (Å²) in [7, 11) is 4.54. The highest BCUT2D eigenvalue weighted by Gasteiger charge is 2.20. The van der Waals surface area contributed by atoms with Crippen LogP contribution in [0.1, 0.15) is 0 Å². The lowest BCUT2D eigenvalue weighted by atomic mass is 10.1. The maximum absolute atomic E-state index is 13.8. The van der Waals surface area contributed by atoms with Gasteiger partial charge in [0.2, 0.25) is 11.7 Å². The molecule has 0 unspecified atom stereocenters. The monoisotopic (exact) mass is 476 g/mol. The Balaban J connectivity index is 1.84. The van der Waals surface area contributed by atoms with Gasteiger partial charge in [0.15, 0.2) is 22.5 Å². The molecule has 0 saturated heterocycles. The number of nitrogens with one attached hydrogen (secondary N) is 1. The minimum Gasteiger partial charge on any atom is -0.493 e. The molecule has 0 saturated carbocycles. The number of nitrogens with zero attached hydrogens (tertiary/aromatic N) is 3. The molecule has 1 heterocycles. The molecular weight excluding hydrogens is 454 g/mol. The molecule has 33 heavy (non-hydrogen) atoms. The fourth-order valence-electron chi connectivity index (χ4n) is 3.02. The third-order valence-corrected chi connectivity index (χ3v) is 5.46. The first-order valence-corrected chi connectivity index (χ1v) is 10.6. The van der Waals surface area contributed by atoms with Crippen molar-refractivity contribution in [3.63, 3.8) is 0 Å². The van der Waals surface area contributed by atoms with Crippen LogP contribution in [-0.2, 0) is 11.3 Å². The average Bonchev–Trinajstić information content (AvgIpc) is 3.21. The first-order chi connectivity index (χ1) is 15.9. The lowest BCUT2D eigenvalue weighted by Crippen LogP contribution is -2.15. The van der Waals surface area contributed by atoms with Gasteiger partial charge in [0, 0.05) is 18.2 Å². The van der Waals surface area contributed by atoms with Gasteiger partial charge in [-0.3, -0.25) is 9.36 Å². The number of allylic oxidation sites excluding steroid dienone is 1. The summed E-state index contributed by atoms with van der Waals surface area (Å²) in [4.78, 5) is 12.3. The molecule has 1 amide bonds. The van der Waals surface area contributed by atoms with Crippen LogP contribution < -0.4 is 19.5 Å². The van der Waals surface area contributed by atoms with Crippen LogP contribution in [0.2, 0.25) is 0 Å². The number of aromatic nitrogens is 3. The lowest BCUT2D eigenvalue weighted by molar-refractivity contribution is -0.113. The summed E-state index contributed by atoms with van der Waals surface area (Å²) in [6.45, 7) is 4.14. The second-order valence-corrected chi connectivity index (χ2v) is 7.52. The Morgan fingerprint density at radius 3 is 2.39 bits per heavy atom. The normalized spacial score (nSPS) is 10.6. The number of carbonyl (C=O) groups is 1. The van der Waals surface area contributed by atoms with E-state index in [0.717, 1.165) is 23.9 Å². The first kappa shape index (κ1) is 24.1. The Morgan fingerprint density at radius 1 is 1.12 bits per heavy atom. The zero-order chi connectivity index (χ0) is 24.0. The highest BCUT2D eigenvalue weighted by molar-refractivity contribution is 7.99. The fourth-order valence-corrected chi connectivity index (χ4v) is 3.77. The van der Waals surface area contributed by atoms with Crippen molar-refractivity contribution in [1.82, 2.24) is 14.8 Å². The van der Waals surface area contributed by atoms with Crippen molar-refractivity contribution in [3.05, 3.63) is 54.6 Å². The van der Waals surface area contributed by atoms with Crippen molar-refractivity contribution >= 4 is 23.4 Å². The number of methoxy groups -OCH3 is 3. The van der Waals surface area contributed by atoms with Crippen molar-refractivity contribution in [1.29, 1.82) is 0 Å². The molecule has 2 aromatic carbocycles. The lowest BCUT2D eigenvalue weighted by Gasteiger charge is -2.14. The van der Waals surface area contributed by atoms with Gasteiger partial charge in [0.05, 0.1) is 32.8 Å². The zero-order valence-electron chi connectivity index (χ0n) is 18.2. The van der Waals surface area contributed by atoms with Crippen LogP contribution in [0.3, 0.4) is 0 Å². The van der Waals surface area contributed by atoms with Crippen LogP contribution in [0.15, 0.2) is 48.1 Å². The van der Waals surface area contributed by atoms with Gasteiger partial charge in [0.25, 0.3) is 0 Å². The van der Waals surface area contributed by atoms with Gasteiger partial charge in [-0.25, -0.2) is 8.78 Å². The third-order valence-electron chi connectivity index (χ3n) is 4.49. The van der Waals surface area contributed by atoms with Gasteiger partial charge in [-0.05, 0) is 24.3 Å². The second kappa shape index (κ2) is 10.8. The maximum atomic E-state index is 13.8. The minimum absolute atomic E-state index is 0.0681. The third kappa shape index (κ3) is 5.43. The number of anilines is 1. The predicted molar refractivity (Wildman–Crippen MR) is 121 cm³/mol. The number of rotatable bonds is 10. The van der Waals surface area contributed by atoms with Crippen LogP contribution in [-0.4, -0.2) is 47.8 Å². The van der Waals surface area contributed by atoms with E-state index in [2.05, 4.69) is 22.1 Å². The summed E-state index contributed by atoms with van der Waals surface area (Å²) in [6, 6.07) is 6.41. The van der Waals surface area contributed by atoms with Crippen molar-refractivity contribution in [2.75, 3.05) is 32.4 Å². The van der Waals surface area contributed by atoms with Gasteiger partial charge >= 0.3 is 0 Å². The van der Waals surface area contributed by atoms with Crippen LogP contribution >= 0.6 is 11.8 Å². The largest absolute Gasteiger partial charge is 0.493 e. The Morgan fingerprint density at radius 2 is 1.82 bits per heavy atom. The van der Waals surface area contributed by atoms with E-state index in [1.165, 1.54) is 21.3 Å². The Bertz CT molecular complexity index is 1140.